The molecule has 2 fully saturated rings. The zero-order valence-corrected chi connectivity index (χ0v) is 12.3. The fraction of sp³-hybridized carbons (Fsp3) is 0.769. The molecule has 0 unspecified atom stereocenters. The quantitative estimate of drug-likeness (QED) is 0.726. The van der Waals surface area contributed by atoms with Crippen LogP contribution in [0.4, 0.5) is 0 Å². The molecule has 0 aliphatic carbocycles. The maximum atomic E-state index is 12.3. The molecule has 2 aliphatic rings. The highest BCUT2D eigenvalue weighted by molar-refractivity contribution is 8.14. The highest BCUT2D eigenvalue weighted by Gasteiger charge is 2.46. The lowest BCUT2D eigenvalue weighted by molar-refractivity contribution is -0.136. The van der Waals surface area contributed by atoms with Gasteiger partial charge in [0.15, 0.2) is 0 Å². The highest BCUT2D eigenvalue weighted by atomic mass is 32.2. The number of rotatable bonds is 2. The largest absolute Gasteiger partial charge is 0.355 e. The van der Waals surface area contributed by atoms with Gasteiger partial charge in [-0.3, -0.25) is 14.4 Å². The van der Waals surface area contributed by atoms with E-state index in [2.05, 4.69) is 10.6 Å². The van der Waals surface area contributed by atoms with Crippen LogP contribution >= 0.6 is 11.8 Å². The Bertz CT molecular complexity index is 417. The van der Waals surface area contributed by atoms with Crippen LogP contribution in [0.2, 0.25) is 0 Å². The van der Waals surface area contributed by atoms with Crippen LogP contribution in [0.25, 0.3) is 0 Å². The van der Waals surface area contributed by atoms with Crippen molar-refractivity contribution >= 4 is 28.7 Å². The first-order valence-electron chi connectivity index (χ1n) is 6.55. The lowest BCUT2D eigenvalue weighted by Gasteiger charge is -2.29. The predicted octanol–water partition coefficient (Wildman–Crippen LogP) is 0.543. The normalized spacial score (nSPS) is 31.4. The van der Waals surface area contributed by atoms with E-state index in [-0.39, 0.29) is 28.3 Å². The van der Waals surface area contributed by atoms with Gasteiger partial charge in [0.05, 0.1) is 6.04 Å². The summed E-state index contributed by atoms with van der Waals surface area (Å²) in [7, 11) is 0. The van der Waals surface area contributed by atoms with Crippen LogP contribution in [0.15, 0.2) is 0 Å². The second-order valence-corrected chi connectivity index (χ2v) is 7.31. The zero-order chi connectivity index (χ0) is 14.2. The van der Waals surface area contributed by atoms with E-state index in [1.54, 1.807) is 0 Å². The molecule has 6 heteroatoms. The first kappa shape index (κ1) is 14.4. The second kappa shape index (κ2) is 5.15. The molecule has 19 heavy (non-hydrogen) atoms. The van der Waals surface area contributed by atoms with Crippen LogP contribution in [0, 0.1) is 17.3 Å². The van der Waals surface area contributed by atoms with Gasteiger partial charge in [0.1, 0.15) is 5.92 Å². The Kier molecular flexibility index (Phi) is 3.90. The Morgan fingerprint density at radius 3 is 2.58 bits per heavy atom. The van der Waals surface area contributed by atoms with Crippen molar-refractivity contribution in [3.05, 3.63) is 0 Å². The Morgan fingerprint density at radius 1 is 1.37 bits per heavy atom. The fourth-order valence-electron chi connectivity index (χ4n) is 2.62. The van der Waals surface area contributed by atoms with E-state index in [4.69, 9.17) is 0 Å². The molecule has 0 radical (unpaired) electrons. The number of hydrogen-bond acceptors (Lipinski definition) is 4. The molecule has 106 valence electrons. The molecule has 0 aromatic rings. The van der Waals surface area contributed by atoms with Gasteiger partial charge in [-0.25, -0.2) is 0 Å². The molecule has 0 bridgehead atoms. The Hall–Kier alpha value is -1.04. The molecule has 0 aromatic heterocycles. The van der Waals surface area contributed by atoms with Crippen LogP contribution in [-0.2, 0) is 14.4 Å². The van der Waals surface area contributed by atoms with E-state index >= 15 is 0 Å². The smallest absolute Gasteiger partial charge is 0.233 e. The molecule has 2 N–H and O–H groups in total. The summed E-state index contributed by atoms with van der Waals surface area (Å²) in [6.45, 7) is 6.59. The first-order valence-corrected chi connectivity index (χ1v) is 7.54. The SMILES string of the molecule is CC(C)(C)[C@@H]1CNC(=O)[C@H]1C(=O)N[C@H]1CCSC1=O. The van der Waals surface area contributed by atoms with Crippen LogP contribution in [0.5, 0.6) is 0 Å². The molecule has 2 heterocycles. The maximum Gasteiger partial charge on any atom is 0.233 e. The minimum atomic E-state index is -0.682. The van der Waals surface area contributed by atoms with E-state index in [0.717, 1.165) is 5.75 Å². The van der Waals surface area contributed by atoms with Crippen molar-refractivity contribution in [1.29, 1.82) is 0 Å². The molecule has 0 spiro atoms. The number of thioether (sulfide) groups is 1. The van der Waals surface area contributed by atoms with Crippen molar-refractivity contribution in [2.75, 3.05) is 12.3 Å². The summed E-state index contributed by atoms with van der Waals surface area (Å²) in [5.74, 6) is -0.516. The van der Waals surface area contributed by atoms with Gasteiger partial charge in [-0.2, -0.15) is 0 Å². The van der Waals surface area contributed by atoms with Crippen molar-refractivity contribution in [1.82, 2.24) is 10.6 Å². The number of nitrogens with one attached hydrogen (secondary N) is 2. The number of amides is 2. The predicted molar refractivity (Wildman–Crippen MR) is 73.5 cm³/mol. The third-order valence-corrected chi connectivity index (χ3v) is 4.84. The van der Waals surface area contributed by atoms with Gasteiger partial charge in [-0.05, 0) is 11.8 Å². The molecule has 5 nitrogen and oxygen atoms in total. The van der Waals surface area contributed by atoms with Gasteiger partial charge < -0.3 is 10.6 Å². The van der Waals surface area contributed by atoms with Gasteiger partial charge in [-0.15, -0.1) is 0 Å². The van der Waals surface area contributed by atoms with Crippen molar-refractivity contribution in [3.63, 3.8) is 0 Å². The number of carbonyl (C=O) groups is 3. The van der Waals surface area contributed by atoms with E-state index < -0.39 is 12.0 Å². The van der Waals surface area contributed by atoms with E-state index in [9.17, 15) is 14.4 Å². The Labute approximate surface area is 117 Å². The van der Waals surface area contributed by atoms with Crippen LogP contribution in [0.1, 0.15) is 27.2 Å². The van der Waals surface area contributed by atoms with E-state index in [1.807, 2.05) is 20.8 Å². The summed E-state index contributed by atoms with van der Waals surface area (Å²) in [4.78, 5) is 35.7. The summed E-state index contributed by atoms with van der Waals surface area (Å²) in [6, 6.07) is -0.425. The minimum Gasteiger partial charge on any atom is -0.355 e. The fourth-order valence-corrected chi connectivity index (χ4v) is 3.55. The Balaban J connectivity index is 2.08. The zero-order valence-electron chi connectivity index (χ0n) is 11.5. The van der Waals surface area contributed by atoms with Crippen LogP contribution in [-0.4, -0.2) is 35.3 Å². The van der Waals surface area contributed by atoms with Crippen LogP contribution < -0.4 is 10.6 Å². The summed E-state index contributed by atoms with van der Waals surface area (Å²) >= 11 is 1.24. The molecule has 2 saturated heterocycles. The van der Waals surface area contributed by atoms with Gasteiger partial charge in [0.25, 0.3) is 0 Å². The van der Waals surface area contributed by atoms with Gasteiger partial charge >= 0.3 is 0 Å². The van der Waals surface area contributed by atoms with Gasteiger partial charge in [0, 0.05) is 18.2 Å². The minimum absolute atomic E-state index is 0.000867. The van der Waals surface area contributed by atoms with E-state index in [0.29, 0.717) is 13.0 Å². The third-order valence-electron chi connectivity index (χ3n) is 3.83. The van der Waals surface area contributed by atoms with Crippen molar-refractivity contribution in [2.45, 2.75) is 33.2 Å². The first-order chi connectivity index (χ1) is 8.80. The maximum absolute atomic E-state index is 12.3. The summed E-state index contributed by atoms with van der Waals surface area (Å²) in [5.41, 5.74) is -0.129. The van der Waals surface area contributed by atoms with Crippen molar-refractivity contribution < 1.29 is 14.4 Å². The van der Waals surface area contributed by atoms with E-state index in [1.165, 1.54) is 11.8 Å². The Morgan fingerprint density at radius 2 is 2.05 bits per heavy atom. The highest BCUT2D eigenvalue weighted by Crippen LogP contribution is 2.35. The standard InChI is InChI=1S/C13H20N2O3S/c1-13(2,3)7-6-14-10(16)9(7)11(17)15-8-4-5-19-12(8)18/h7-9H,4-6H2,1-3H3,(H,14,16)(H,15,17)/t7-,8+,9+/m1/s1. The summed E-state index contributed by atoms with van der Waals surface area (Å²) in [5, 5.41) is 5.49. The van der Waals surface area contributed by atoms with Gasteiger partial charge in [0.2, 0.25) is 16.9 Å². The molecule has 2 amide bonds. The average Bonchev–Trinajstić information content (AvgIpc) is 2.85. The van der Waals surface area contributed by atoms with Crippen LogP contribution in [0.3, 0.4) is 0 Å². The monoisotopic (exact) mass is 284 g/mol. The summed E-state index contributed by atoms with van der Waals surface area (Å²) < 4.78 is 0. The third kappa shape index (κ3) is 2.94. The lowest BCUT2D eigenvalue weighted by Crippen LogP contribution is -2.46. The molecule has 0 aromatic carbocycles. The van der Waals surface area contributed by atoms with Crippen molar-refractivity contribution in [3.8, 4) is 0 Å². The molecular weight excluding hydrogens is 264 g/mol. The second-order valence-electron chi connectivity index (χ2n) is 6.21. The topological polar surface area (TPSA) is 75.3 Å². The van der Waals surface area contributed by atoms with Gasteiger partial charge in [-0.1, -0.05) is 32.5 Å². The number of hydrogen-bond donors (Lipinski definition) is 2. The molecule has 2 aliphatic heterocycles. The lowest BCUT2D eigenvalue weighted by atomic mass is 9.74. The summed E-state index contributed by atoms with van der Waals surface area (Å²) in [6.07, 6.45) is 0.657. The molecule has 0 saturated carbocycles. The molecule has 3 atom stereocenters. The number of carbonyl (C=O) groups excluding carboxylic acids is 3. The average molecular weight is 284 g/mol. The molecular formula is C13H20N2O3S. The molecule has 2 rings (SSSR count). The van der Waals surface area contributed by atoms with Crippen molar-refractivity contribution in [2.24, 2.45) is 17.3 Å².